The zero-order chi connectivity index (χ0) is 16.0. The fraction of sp³-hybridized carbons (Fsp3) is 0.533. The lowest BCUT2D eigenvalue weighted by molar-refractivity contribution is -0.153. The lowest BCUT2D eigenvalue weighted by Gasteiger charge is -2.20. The van der Waals surface area contributed by atoms with Crippen molar-refractivity contribution in [2.45, 2.75) is 39.8 Å². The van der Waals surface area contributed by atoms with Crippen LogP contribution >= 0.6 is 31.9 Å². The van der Waals surface area contributed by atoms with Gasteiger partial charge in [0.15, 0.2) is 0 Å². The smallest absolute Gasteiger partial charge is 0.320 e. The number of nitrogens with one attached hydrogen (secondary N) is 1. The second-order valence-electron chi connectivity index (χ2n) is 5.50. The van der Waals surface area contributed by atoms with Crippen molar-refractivity contribution in [2.24, 2.45) is 0 Å². The van der Waals surface area contributed by atoms with Gasteiger partial charge in [-0.1, -0.05) is 15.9 Å². The van der Waals surface area contributed by atoms with Crippen molar-refractivity contribution < 1.29 is 14.3 Å². The van der Waals surface area contributed by atoms with Gasteiger partial charge in [-0.3, -0.25) is 4.79 Å². The van der Waals surface area contributed by atoms with E-state index in [4.69, 9.17) is 9.47 Å². The molecule has 1 aromatic rings. The molecule has 1 aromatic carbocycles. The van der Waals surface area contributed by atoms with Crippen LogP contribution in [0.1, 0.15) is 33.3 Å². The van der Waals surface area contributed by atoms with Crippen LogP contribution in [0.5, 0.6) is 5.75 Å². The van der Waals surface area contributed by atoms with Gasteiger partial charge in [0.05, 0.1) is 17.6 Å². The second kappa shape index (κ2) is 8.15. The van der Waals surface area contributed by atoms with E-state index in [0.29, 0.717) is 13.2 Å². The molecule has 0 saturated carbocycles. The van der Waals surface area contributed by atoms with Gasteiger partial charge >= 0.3 is 5.97 Å². The summed E-state index contributed by atoms with van der Waals surface area (Å²) in [4.78, 5) is 11.7. The molecule has 0 aliphatic heterocycles. The number of hydrogen-bond acceptors (Lipinski definition) is 4. The third kappa shape index (κ3) is 6.80. The van der Waals surface area contributed by atoms with E-state index in [0.717, 1.165) is 20.3 Å². The molecule has 118 valence electrons. The van der Waals surface area contributed by atoms with E-state index in [1.807, 2.05) is 39.8 Å². The van der Waals surface area contributed by atoms with E-state index in [2.05, 4.69) is 37.2 Å². The molecule has 21 heavy (non-hydrogen) atoms. The molecule has 0 aromatic heterocycles. The van der Waals surface area contributed by atoms with Crippen molar-refractivity contribution in [3.8, 4) is 5.75 Å². The number of rotatable bonds is 6. The van der Waals surface area contributed by atoms with Crippen LogP contribution in [-0.2, 0) is 16.1 Å². The number of carbonyl (C=O) groups excluding carboxylic acids is 1. The molecule has 0 unspecified atom stereocenters. The normalized spacial score (nSPS) is 11.3. The topological polar surface area (TPSA) is 47.6 Å². The zero-order valence-electron chi connectivity index (χ0n) is 12.8. The van der Waals surface area contributed by atoms with Crippen LogP contribution in [-0.4, -0.2) is 24.7 Å². The number of halogens is 2. The maximum absolute atomic E-state index is 11.7. The van der Waals surface area contributed by atoms with Crippen LogP contribution in [0.3, 0.4) is 0 Å². The van der Waals surface area contributed by atoms with Crippen LogP contribution in [0.2, 0.25) is 0 Å². The third-order valence-electron chi connectivity index (χ3n) is 2.38. The quantitative estimate of drug-likeness (QED) is 0.702. The van der Waals surface area contributed by atoms with E-state index in [1.165, 1.54) is 0 Å². The Morgan fingerprint density at radius 2 is 1.95 bits per heavy atom. The maximum atomic E-state index is 11.7. The predicted octanol–water partition coefficient (Wildman–Crippen LogP) is 4.04. The summed E-state index contributed by atoms with van der Waals surface area (Å²) in [6.45, 7) is 8.75. The lowest BCUT2D eigenvalue weighted by Crippen LogP contribution is -2.31. The summed E-state index contributed by atoms with van der Waals surface area (Å²) < 4.78 is 12.7. The third-order valence-corrected chi connectivity index (χ3v) is 3.43. The van der Waals surface area contributed by atoms with Gasteiger partial charge in [-0.2, -0.15) is 0 Å². The van der Waals surface area contributed by atoms with Gasteiger partial charge in [0, 0.05) is 16.6 Å². The molecular weight excluding hydrogens is 402 g/mol. The SMILES string of the molecule is CCOc1c(Br)cc(Br)cc1CNCC(=O)OC(C)(C)C. The van der Waals surface area contributed by atoms with Crippen LogP contribution in [0.25, 0.3) is 0 Å². The van der Waals surface area contributed by atoms with Gasteiger partial charge in [0.1, 0.15) is 11.4 Å². The fourth-order valence-corrected chi connectivity index (χ4v) is 3.16. The Hall–Kier alpha value is -0.590. The highest BCUT2D eigenvalue weighted by Gasteiger charge is 2.16. The molecule has 0 saturated heterocycles. The Balaban J connectivity index is 2.65. The monoisotopic (exact) mass is 421 g/mol. The number of esters is 1. The van der Waals surface area contributed by atoms with Gasteiger partial charge in [-0.05, 0) is 55.8 Å². The van der Waals surface area contributed by atoms with E-state index in [9.17, 15) is 4.79 Å². The van der Waals surface area contributed by atoms with Gasteiger partial charge in [0.25, 0.3) is 0 Å². The van der Waals surface area contributed by atoms with Crippen LogP contribution in [0, 0.1) is 0 Å². The van der Waals surface area contributed by atoms with E-state index < -0.39 is 5.60 Å². The Bertz CT molecular complexity index is 498. The number of benzene rings is 1. The number of ether oxygens (including phenoxy) is 2. The van der Waals surface area contributed by atoms with Crippen molar-refractivity contribution in [3.63, 3.8) is 0 Å². The highest BCUT2D eigenvalue weighted by atomic mass is 79.9. The van der Waals surface area contributed by atoms with Crippen molar-refractivity contribution >= 4 is 37.8 Å². The first-order chi connectivity index (χ1) is 9.73. The molecule has 0 spiro atoms. The van der Waals surface area contributed by atoms with Crippen molar-refractivity contribution in [2.75, 3.05) is 13.2 Å². The standard InChI is InChI=1S/C15H21Br2NO3/c1-5-20-14-10(6-11(16)7-12(14)17)8-18-9-13(19)21-15(2,3)4/h6-7,18H,5,8-9H2,1-4H3. The average molecular weight is 423 g/mol. The summed E-state index contributed by atoms with van der Waals surface area (Å²) in [5, 5.41) is 3.08. The molecule has 0 heterocycles. The predicted molar refractivity (Wildman–Crippen MR) is 90.6 cm³/mol. The van der Waals surface area contributed by atoms with E-state index in [-0.39, 0.29) is 12.5 Å². The number of hydrogen-bond donors (Lipinski definition) is 1. The van der Waals surface area contributed by atoms with Crippen LogP contribution in [0.15, 0.2) is 21.1 Å². The summed E-state index contributed by atoms with van der Waals surface area (Å²) in [6, 6.07) is 3.90. The summed E-state index contributed by atoms with van der Waals surface area (Å²) in [6.07, 6.45) is 0. The first kappa shape index (κ1) is 18.5. The highest BCUT2D eigenvalue weighted by molar-refractivity contribution is 9.11. The molecule has 0 aliphatic carbocycles. The van der Waals surface area contributed by atoms with E-state index in [1.54, 1.807) is 0 Å². The molecule has 0 fully saturated rings. The molecule has 0 atom stereocenters. The lowest BCUT2D eigenvalue weighted by atomic mass is 10.2. The van der Waals surface area contributed by atoms with Crippen LogP contribution < -0.4 is 10.1 Å². The molecule has 6 heteroatoms. The molecule has 1 rings (SSSR count). The maximum Gasteiger partial charge on any atom is 0.320 e. The molecule has 0 radical (unpaired) electrons. The molecule has 0 bridgehead atoms. The minimum atomic E-state index is -0.464. The molecular formula is C15H21Br2NO3. The summed E-state index contributed by atoms with van der Waals surface area (Å²) in [5.41, 5.74) is 0.510. The average Bonchev–Trinajstić information content (AvgIpc) is 2.31. The highest BCUT2D eigenvalue weighted by Crippen LogP contribution is 2.32. The van der Waals surface area contributed by atoms with Gasteiger partial charge in [-0.15, -0.1) is 0 Å². The van der Waals surface area contributed by atoms with Crippen molar-refractivity contribution in [1.29, 1.82) is 0 Å². The van der Waals surface area contributed by atoms with Crippen molar-refractivity contribution in [3.05, 3.63) is 26.6 Å². The zero-order valence-corrected chi connectivity index (χ0v) is 15.9. The summed E-state index contributed by atoms with van der Waals surface area (Å²) in [7, 11) is 0. The Morgan fingerprint density at radius 3 is 2.52 bits per heavy atom. The van der Waals surface area contributed by atoms with Gasteiger partial charge in [-0.25, -0.2) is 0 Å². The molecule has 1 N–H and O–H groups in total. The fourth-order valence-electron chi connectivity index (χ4n) is 1.73. The largest absolute Gasteiger partial charge is 0.492 e. The Morgan fingerprint density at radius 1 is 1.29 bits per heavy atom. The first-order valence-electron chi connectivity index (χ1n) is 6.76. The Labute approximate surface area is 142 Å². The molecule has 0 aliphatic rings. The first-order valence-corrected chi connectivity index (χ1v) is 8.35. The van der Waals surface area contributed by atoms with E-state index >= 15 is 0 Å². The molecule has 0 amide bonds. The second-order valence-corrected chi connectivity index (χ2v) is 7.27. The van der Waals surface area contributed by atoms with Gasteiger partial charge in [0.2, 0.25) is 0 Å². The summed E-state index contributed by atoms with van der Waals surface area (Å²) in [5.74, 6) is 0.520. The number of carbonyl (C=O) groups is 1. The van der Waals surface area contributed by atoms with Gasteiger partial charge < -0.3 is 14.8 Å². The van der Waals surface area contributed by atoms with Crippen molar-refractivity contribution in [1.82, 2.24) is 5.32 Å². The minimum absolute atomic E-state index is 0.160. The Kier molecular flexibility index (Phi) is 7.16. The van der Waals surface area contributed by atoms with Crippen LogP contribution in [0.4, 0.5) is 0 Å². The summed E-state index contributed by atoms with van der Waals surface area (Å²) >= 11 is 6.94. The minimum Gasteiger partial charge on any atom is -0.492 e. The molecule has 4 nitrogen and oxygen atoms in total.